The highest BCUT2D eigenvalue weighted by Gasteiger charge is 2.25. The van der Waals surface area contributed by atoms with E-state index in [4.69, 9.17) is 0 Å². The van der Waals surface area contributed by atoms with Crippen LogP contribution in [0.1, 0.15) is 23.6 Å². The van der Waals surface area contributed by atoms with E-state index >= 15 is 0 Å². The molecule has 21 heavy (non-hydrogen) atoms. The summed E-state index contributed by atoms with van der Waals surface area (Å²) in [4.78, 5) is 1.49. The Morgan fingerprint density at radius 2 is 1.81 bits per heavy atom. The number of aryl methyl sites for hydroxylation is 1. The van der Waals surface area contributed by atoms with Gasteiger partial charge in [0.1, 0.15) is 0 Å². The summed E-state index contributed by atoms with van der Waals surface area (Å²) in [5, 5.41) is 0. The molecule has 0 fully saturated rings. The Morgan fingerprint density at radius 3 is 2.57 bits per heavy atom. The second-order valence-electron chi connectivity index (χ2n) is 5.16. The van der Waals surface area contributed by atoms with Crippen molar-refractivity contribution >= 4 is 21.8 Å². The van der Waals surface area contributed by atoms with E-state index in [1.165, 1.54) is 4.90 Å². The molecule has 0 aliphatic carbocycles. The number of rotatable bonds is 3. The summed E-state index contributed by atoms with van der Waals surface area (Å²) in [5.41, 5.74) is 2.12. The Bertz CT molecular complexity index is 739. The Kier molecular flexibility index (Phi) is 4.06. The van der Waals surface area contributed by atoms with Crippen LogP contribution in [-0.2, 0) is 10.0 Å². The molecular formula is C16H17NO2S2. The zero-order chi connectivity index (χ0) is 14.9. The highest BCUT2D eigenvalue weighted by molar-refractivity contribution is 7.99. The number of fused-ring (bicyclic) bond motifs is 1. The normalized spacial score (nSPS) is 18.2. The fourth-order valence-corrected chi connectivity index (χ4v) is 4.81. The number of hydrogen-bond donors (Lipinski definition) is 1. The van der Waals surface area contributed by atoms with Crippen molar-refractivity contribution in [3.05, 3.63) is 59.7 Å². The predicted molar refractivity (Wildman–Crippen MR) is 86.0 cm³/mol. The molecule has 3 rings (SSSR count). The van der Waals surface area contributed by atoms with Gasteiger partial charge in [-0.3, -0.25) is 0 Å². The second kappa shape index (κ2) is 5.83. The van der Waals surface area contributed by atoms with Gasteiger partial charge in [-0.15, -0.1) is 11.8 Å². The lowest BCUT2D eigenvalue weighted by Gasteiger charge is -2.25. The molecule has 3 nitrogen and oxygen atoms in total. The molecule has 0 bridgehead atoms. The Labute approximate surface area is 129 Å². The van der Waals surface area contributed by atoms with Gasteiger partial charge in [0.25, 0.3) is 0 Å². The molecular weight excluding hydrogens is 302 g/mol. The number of hydrogen-bond acceptors (Lipinski definition) is 3. The van der Waals surface area contributed by atoms with Gasteiger partial charge in [0.05, 0.1) is 4.90 Å². The van der Waals surface area contributed by atoms with Crippen molar-refractivity contribution in [2.24, 2.45) is 0 Å². The largest absolute Gasteiger partial charge is 0.241 e. The van der Waals surface area contributed by atoms with E-state index in [1.807, 2.05) is 43.3 Å². The van der Waals surface area contributed by atoms with Crippen LogP contribution in [0.15, 0.2) is 58.3 Å². The van der Waals surface area contributed by atoms with Crippen LogP contribution in [-0.4, -0.2) is 14.2 Å². The molecule has 1 heterocycles. The molecule has 1 N–H and O–H groups in total. The third kappa shape index (κ3) is 3.15. The van der Waals surface area contributed by atoms with Crippen LogP contribution in [0.4, 0.5) is 0 Å². The third-order valence-electron chi connectivity index (χ3n) is 3.59. The molecule has 5 heteroatoms. The maximum Gasteiger partial charge on any atom is 0.241 e. The van der Waals surface area contributed by atoms with Crippen molar-refractivity contribution in [1.82, 2.24) is 4.72 Å². The summed E-state index contributed by atoms with van der Waals surface area (Å²) < 4.78 is 27.9. The van der Waals surface area contributed by atoms with Crippen molar-refractivity contribution in [3.8, 4) is 0 Å². The van der Waals surface area contributed by atoms with Gasteiger partial charge in [-0.05, 0) is 42.9 Å². The van der Waals surface area contributed by atoms with Crippen molar-refractivity contribution in [3.63, 3.8) is 0 Å². The second-order valence-corrected chi connectivity index (χ2v) is 8.01. The first kappa shape index (κ1) is 14.6. The van der Waals surface area contributed by atoms with Gasteiger partial charge in [-0.1, -0.05) is 35.9 Å². The van der Waals surface area contributed by atoms with Gasteiger partial charge in [-0.25, -0.2) is 13.1 Å². The van der Waals surface area contributed by atoms with E-state index in [0.29, 0.717) is 4.90 Å². The van der Waals surface area contributed by atoms with Crippen LogP contribution >= 0.6 is 11.8 Å². The van der Waals surface area contributed by atoms with Gasteiger partial charge >= 0.3 is 0 Å². The summed E-state index contributed by atoms with van der Waals surface area (Å²) >= 11 is 1.78. The Hall–Kier alpha value is -1.30. The molecule has 2 aromatic carbocycles. The molecule has 1 aliphatic heterocycles. The first-order chi connectivity index (χ1) is 10.1. The fourth-order valence-electron chi connectivity index (χ4n) is 2.44. The topological polar surface area (TPSA) is 46.2 Å². The van der Waals surface area contributed by atoms with Crippen molar-refractivity contribution in [2.75, 3.05) is 5.75 Å². The fraction of sp³-hybridized carbons (Fsp3) is 0.250. The third-order valence-corrected chi connectivity index (χ3v) is 6.20. The summed E-state index contributed by atoms with van der Waals surface area (Å²) in [6.07, 6.45) is 0.812. The van der Waals surface area contributed by atoms with E-state index < -0.39 is 10.0 Å². The zero-order valence-electron chi connectivity index (χ0n) is 11.7. The number of benzene rings is 2. The van der Waals surface area contributed by atoms with Gasteiger partial charge in [0.2, 0.25) is 10.0 Å². The average molecular weight is 319 g/mol. The van der Waals surface area contributed by atoms with E-state index in [-0.39, 0.29) is 6.04 Å². The van der Waals surface area contributed by atoms with Gasteiger partial charge in [0.15, 0.2) is 0 Å². The molecule has 2 aromatic rings. The van der Waals surface area contributed by atoms with E-state index in [1.54, 1.807) is 23.9 Å². The number of thioether (sulfide) groups is 1. The quantitative estimate of drug-likeness (QED) is 0.941. The molecule has 0 spiro atoms. The van der Waals surface area contributed by atoms with E-state index in [0.717, 1.165) is 23.3 Å². The van der Waals surface area contributed by atoms with Crippen molar-refractivity contribution in [2.45, 2.75) is 29.2 Å². The van der Waals surface area contributed by atoms with Crippen LogP contribution < -0.4 is 4.72 Å². The molecule has 0 amide bonds. The highest BCUT2D eigenvalue weighted by Crippen LogP contribution is 2.36. The lowest BCUT2D eigenvalue weighted by molar-refractivity contribution is 0.546. The van der Waals surface area contributed by atoms with Crippen molar-refractivity contribution < 1.29 is 8.42 Å². The predicted octanol–water partition coefficient (Wildman–Crippen LogP) is 3.51. The number of sulfonamides is 1. The first-order valence-corrected chi connectivity index (χ1v) is 9.34. The summed E-state index contributed by atoms with van der Waals surface area (Å²) in [6, 6.07) is 14.8. The van der Waals surface area contributed by atoms with Crippen LogP contribution in [0.25, 0.3) is 0 Å². The molecule has 0 aromatic heterocycles. The van der Waals surface area contributed by atoms with Crippen molar-refractivity contribution in [1.29, 1.82) is 0 Å². The summed E-state index contributed by atoms with van der Waals surface area (Å²) in [6.45, 7) is 1.94. The maximum absolute atomic E-state index is 12.5. The highest BCUT2D eigenvalue weighted by atomic mass is 32.2. The summed E-state index contributed by atoms with van der Waals surface area (Å²) in [5.74, 6) is 0.929. The van der Waals surface area contributed by atoms with Crippen LogP contribution in [0.3, 0.4) is 0 Å². The lowest BCUT2D eigenvalue weighted by atomic mass is 10.1. The van der Waals surface area contributed by atoms with Gasteiger partial charge < -0.3 is 0 Å². The Morgan fingerprint density at radius 1 is 1.10 bits per heavy atom. The van der Waals surface area contributed by atoms with Gasteiger partial charge in [0, 0.05) is 10.9 Å². The monoisotopic (exact) mass is 319 g/mol. The molecule has 0 radical (unpaired) electrons. The zero-order valence-corrected chi connectivity index (χ0v) is 13.4. The SMILES string of the molecule is Cc1ccc(S(=O)(=O)N[C@@H]2CCSc3ccccc32)cc1. The van der Waals surface area contributed by atoms with E-state index in [9.17, 15) is 8.42 Å². The minimum Gasteiger partial charge on any atom is -0.207 e. The van der Waals surface area contributed by atoms with Gasteiger partial charge in [-0.2, -0.15) is 0 Å². The molecule has 0 unspecified atom stereocenters. The van der Waals surface area contributed by atoms with Crippen LogP contribution in [0.5, 0.6) is 0 Å². The maximum atomic E-state index is 12.5. The molecule has 0 saturated heterocycles. The molecule has 1 aliphatic rings. The number of nitrogens with one attached hydrogen (secondary N) is 1. The minimum absolute atomic E-state index is 0.145. The minimum atomic E-state index is -3.48. The first-order valence-electron chi connectivity index (χ1n) is 6.87. The average Bonchev–Trinajstić information content (AvgIpc) is 2.48. The standard InChI is InChI=1S/C16H17NO2S2/c1-12-6-8-13(9-7-12)21(18,19)17-15-10-11-20-16-5-3-2-4-14(15)16/h2-9,15,17H,10-11H2,1H3/t15-/m1/s1. The van der Waals surface area contributed by atoms with Crippen LogP contribution in [0.2, 0.25) is 0 Å². The van der Waals surface area contributed by atoms with Crippen LogP contribution in [0, 0.1) is 6.92 Å². The molecule has 1 atom stereocenters. The molecule has 110 valence electrons. The summed E-state index contributed by atoms with van der Waals surface area (Å²) in [7, 11) is -3.48. The Balaban J connectivity index is 1.88. The smallest absolute Gasteiger partial charge is 0.207 e. The lowest BCUT2D eigenvalue weighted by Crippen LogP contribution is -2.30. The van der Waals surface area contributed by atoms with E-state index in [2.05, 4.69) is 4.72 Å². The molecule has 0 saturated carbocycles.